The summed E-state index contributed by atoms with van der Waals surface area (Å²) in [5.74, 6) is 1.28. The van der Waals surface area contributed by atoms with Crippen molar-refractivity contribution in [1.29, 1.82) is 0 Å². The van der Waals surface area contributed by atoms with Gasteiger partial charge in [-0.25, -0.2) is 0 Å². The molecule has 2 heterocycles. The molecule has 2 rings (SSSR count). The Morgan fingerprint density at radius 1 is 1.45 bits per heavy atom. The third-order valence-electron chi connectivity index (χ3n) is 3.86. The van der Waals surface area contributed by atoms with Crippen LogP contribution in [0.1, 0.15) is 31.9 Å². The predicted molar refractivity (Wildman–Crippen MR) is 81.8 cm³/mol. The standard InChI is InChI=1S/C15H23N5O2/c1-5-13(21)16-14(10(2)3)15(22)19(4)9-12-18-17-11-7-6-8-20(11)12/h5,10,14H,1,6-9H2,2-4H3,(H,16,21). The second-order valence-corrected chi connectivity index (χ2v) is 5.92. The first-order chi connectivity index (χ1) is 10.4. The highest BCUT2D eigenvalue weighted by Gasteiger charge is 2.28. The van der Waals surface area contributed by atoms with Crippen LogP contribution < -0.4 is 5.32 Å². The molecule has 1 aliphatic heterocycles. The van der Waals surface area contributed by atoms with E-state index in [0.29, 0.717) is 6.54 Å². The van der Waals surface area contributed by atoms with E-state index in [1.54, 1.807) is 11.9 Å². The van der Waals surface area contributed by atoms with Crippen molar-refractivity contribution in [2.75, 3.05) is 7.05 Å². The Morgan fingerprint density at radius 3 is 2.82 bits per heavy atom. The van der Waals surface area contributed by atoms with E-state index in [0.717, 1.165) is 31.0 Å². The predicted octanol–water partition coefficient (Wildman–Crippen LogP) is 0.509. The maximum Gasteiger partial charge on any atom is 0.245 e. The average Bonchev–Trinajstić information content (AvgIpc) is 3.08. The Kier molecular flexibility index (Phi) is 4.95. The fourth-order valence-corrected chi connectivity index (χ4v) is 2.58. The van der Waals surface area contributed by atoms with Gasteiger partial charge in [0.15, 0.2) is 5.82 Å². The first-order valence-corrected chi connectivity index (χ1v) is 7.53. The summed E-state index contributed by atoms with van der Waals surface area (Å²) in [6.07, 6.45) is 3.18. The molecule has 0 saturated heterocycles. The Hall–Kier alpha value is -2.18. The first-order valence-electron chi connectivity index (χ1n) is 7.53. The lowest BCUT2D eigenvalue weighted by atomic mass is 10.0. The summed E-state index contributed by atoms with van der Waals surface area (Å²) in [6, 6.07) is -0.573. The SMILES string of the molecule is C=CC(=O)NC(C(=O)N(C)Cc1nnc2n1CCC2)C(C)C. The van der Waals surface area contributed by atoms with Gasteiger partial charge in [0, 0.05) is 20.0 Å². The van der Waals surface area contributed by atoms with Gasteiger partial charge in [-0.1, -0.05) is 20.4 Å². The van der Waals surface area contributed by atoms with Gasteiger partial charge >= 0.3 is 0 Å². The second-order valence-electron chi connectivity index (χ2n) is 5.92. The van der Waals surface area contributed by atoms with Gasteiger partial charge in [-0.15, -0.1) is 10.2 Å². The summed E-state index contributed by atoms with van der Waals surface area (Å²) in [5, 5.41) is 11.0. The molecule has 0 radical (unpaired) electrons. The maximum absolute atomic E-state index is 12.6. The van der Waals surface area contributed by atoms with E-state index in [1.165, 1.54) is 6.08 Å². The minimum absolute atomic E-state index is 0.0111. The van der Waals surface area contributed by atoms with Crippen molar-refractivity contribution in [2.45, 2.75) is 45.8 Å². The molecule has 120 valence electrons. The van der Waals surface area contributed by atoms with Crippen LogP contribution in [0.25, 0.3) is 0 Å². The molecule has 1 aromatic rings. The highest BCUT2D eigenvalue weighted by Crippen LogP contribution is 2.15. The van der Waals surface area contributed by atoms with Crippen molar-refractivity contribution in [3.63, 3.8) is 0 Å². The Balaban J connectivity index is 2.06. The number of likely N-dealkylation sites (N-methyl/N-ethyl adjacent to an activating group) is 1. The molecular formula is C15H23N5O2. The van der Waals surface area contributed by atoms with Gasteiger partial charge in [-0.05, 0) is 18.4 Å². The number of nitrogens with zero attached hydrogens (tertiary/aromatic N) is 4. The monoisotopic (exact) mass is 305 g/mol. The smallest absolute Gasteiger partial charge is 0.245 e. The van der Waals surface area contributed by atoms with Gasteiger partial charge in [0.05, 0.1) is 6.54 Å². The Labute approximate surface area is 130 Å². The van der Waals surface area contributed by atoms with Crippen molar-refractivity contribution >= 4 is 11.8 Å². The number of aromatic nitrogens is 3. The van der Waals surface area contributed by atoms with Crippen molar-refractivity contribution in [3.8, 4) is 0 Å². The molecule has 2 amide bonds. The zero-order valence-corrected chi connectivity index (χ0v) is 13.4. The topological polar surface area (TPSA) is 80.1 Å². The highest BCUT2D eigenvalue weighted by molar-refractivity contribution is 5.92. The molecule has 0 fully saturated rings. The number of hydrogen-bond donors (Lipinski definition) is 1. The lowest BCUT2D eigenvalue weighted by Crippen LogP contribution is -2.49. The molecule has 0 aliphatic carbocycles. The number of aryl methyl sites for hydroxylation is 1. The second kappa shape index (κ2) is 6.72. The van der Waals surface area contributed by atoms with Crippen LogP contribution in [-0.4, -0.2) is 44.6 Å². The van der Waals surface area contributed by atoms with Crippen molar-refractivity contribution in [2.24, 2.45) is 5.92 Å². The lowest BCUT2D eigenvalue weighted by molar-refractivity contribution is -0.136. The van der Waals surface area contributed by atoms with Gasteiger partial charge in [-0.3, -0.25) is 9.59 Å². The molecule has 1 atom stereocenters. The minimum atomic E-state index is -0.573. The summed E-state index contributed by atoms with van der Waals surface area (Å²) < 4.78 is 2.07. The third-order valence-corrected chi connectivity index (χ3v) is 3.86. The molecule has 1 unspecified atom stereocenters. The zero-order chi connectivity index (χ0) is 16.3. The number of nitrogens with one attached hydrogen (secondary N) is 1. The van der Waals surface area contributed by atoms with Crippen LogP contribution in [0.3, 0.4) is 0 Å². The number of fused-ring (bicyclic) bond motifs is 1. The molecule has 0 saturated carbocycles. The fraction of sp³-hybridized carbons (Fsp3) is 0.600. The van der Waals surface area contributed by atoms with Gasteiger partial charge in [-0.2, -0.15) is 0 Å². The molecule has 7 heteroatoms. The molecular weight excluding hydrogens is 282 g/mol. The molecule has 0 spiro atoms. The van der Waals surface area contributed by atoms with Crippen LogP contribution in [0.2, 0.25) is 0 Å². The number of amides is 2. The van der Waals surface area contributed by atoms with Crippen molar-refractivity contribution < 1.29 is 9.59 Å². The van der Waals surface area contributed by atoms with Gasteiger partial charge in [0.1, 0.15) is 11.9 Å². The fourth-order valence-electron chi connectivity index (χ4n) is 2.58. The van der Waals surface area contributed by atoms with Crippen LogP contribution in [0, 0.1) is 5.92 Å². The zero-order valence-electron chi connectivity index (χ0n) is 13.4. The van der Waals surface area contributed by atoms with Crippen LogP contribution in [0.15, 0.2) is 12.7 Å². The van der Waals surface area contributed by atoms with Crippen LogP contribution in [0.5, 0.6) is 0 Å². The number of hydrogen-bond acceptors (Lipinski definition) is 4. The van der Waals surface area contributed by atoms with E-state index in [4.69, 9.17) is 0 Å². The van der Waals surface area contributed by atoms with E-state index in [-0.39, 0.29) is 17.7 Å². The van der Waals surface area contributed by atoms with Gasteiger partial charge < -0.3 is 14.8 Å². The van der Waals surface area contributed by atoms with Crippen molar-refractivity contribution in [1.82, 2.24) is 25.0 Å². The van der Waals surface area contributed by atoms with E-state index >= 15 is 0 Å². The maximum atomic E-state index is 12.6. The molecule has 1 aliphatic rings. The average molecular weight is 305 g/mol. The number of rotatable bonds is 6. The minimum Gasteiger partial charge on any atom is -0.341 e. The summed E-state index contributed by atoms with van der Waals surface area (Å²) in [7, 11) is 1.72. The summed E-state index contributed by atoms with van der Waals surface area (Å²) in [6.45, 7) is 8.50. The van der Waals surface area contributed by atoms with E-state index in [1.807, 2.05) is 13.8 Å². The summed E-state index contributed by atoms with van der Waals surface area (Å²) >= 11 is 0. The number of carbonyl (C=O) groups excluding carboxylic acids is 2. The normalized spacial score (nSPS) is 14.5. The molecule has 0 bridgehead atoms. The Bertz CT molecular complexity index is 578. The van der Waals surface area contributed by atoms with Crippen LogP contribution in [-0.2, 0) is 29.1 Å². The molecule has 1 N–H and O–H groups in total. The summed E-state index contributed by atoms with van der Waals surface area (Å²) in [5.41, 5.74) is 0. The van der Waals surface area contributed by atoms with Gasteiger partial charge in [0.25, 0.3) is 0 Å². The van der Waals surface area contributed by atoms with E-state index in [9.17, 15) is 9.59 Å². The summed E-state index contributed by atoms with van der Waals surface area (Å²) in [4.78, 5) is 25.7. The Morgan fingerprint density at radius 2 is 2.18 bits per heavy atom. The van der Waals surface area contributed by atoms with E-state index < -0.39 is 6.04 Å². The quantitative estimate of drug-likeness (QED) is 0.777. The molecule has 0 aromatic carbocycles. The molecule has 22 heavy (non-hydrogen) atoms. The third kappa shape index (κ3) is 3.35. The van der Waals surface area contributed by atoms with E-state index in [2.05, 4.69) is 26.7 Å². The largest absolute Gasteiger partial charge is 0.341 e. The van der Waals surface area contributed by atoms with Crippen LogP contribution in [0.4, 0.5) is 0 Å². The molecule has 1 aromatic heterocycles. The van der Waals surface area contributed by atoms with Crippen molar-refractivity contribution in [3.05, 3.63) is 24.3 Å². The molecule has 7 nitrogen and oxygen atoms in total. The highest BCUT2D eigenvalue weighted by atomic mass is 16.2. The number of carbonyl (C=O) groups is 2. The lowest BCUT2D eigenvalue weighted by Gasteiger charge is -2.26. The van der Waals surface area contributed by atoms with Gasteiger partial charge in [0.2, 0.25) is 11.8 Å². The van der Waals surface area contributed by atoms with Crippen LogP contribution >= 0.6 is 0 Å². The first kappa shape index (κ1) is 16.2.